The van der Waals surface area contributed by atoms with E-state index in [2.05, 4.69) is 15.8 Å². The van der Waals surface area contributed by atoms with Gasteiger partial charge in [-0.3, -0.25) is 9.59 Å². The smallest absolute Gasteiger partial charge is 0.269 e. The first kappa shape index (κ1) is 18.9. The fourth-order valence-electron chi connectivity index (χ4n) is 3.40. The lowest BCUT2D eigenvalue weighted by atomic mass is 10.0. The number of nitrogens with one attached hydrogen (secondary N) is 2. The highest BCUT2D eigenvalue weighted by atomic mass is 19.1. The highest BCUT2D eigenvalue weighted by Crippen LogP contribution is 2.27. The van der Waals surface area contributed by atoms with Crippen molar-refractivity contribution in [1.29, 1.82) is 0 Å². The summed E-state index contributed by atoms with van der Waals surface area (Å²) in [7, 11) is 0. The topological polar surface area (TPSA) is 83.0 Å². The molecule has 0 radical (unpaired) electrons. The van der Waals surface area contributed by atoms with E-state index in [1.807, 2.05) is 30.3 Å². The molecule has 2 N–H and O–H groups in total. The van der Waals surface area contributed by atoms with Gasteiger partial charge in [-0.2, -0.15) is 0 Å². The zero-order chi connectivity index (χ0) is 20.2. The highest BCUT2D eigenvalue weighted by Gasteiger charge is 2.27. The molecule has 0 bridgehead atoms. The third-order valence-corrected chi connectivity index (χ3v) is 4.95. The molecule has 2 aromatic carbocycles. The molecule has 0 unspecified atom stereocenters. The number of benzene rings is 2. The number of rotatable bonds is 5. The maximum absolute atomic E-state index is 14.5. The Hall–Kier alpha value is -3.42. The number of hydrogen-bond donors (Lipinski definition) is 2. The van der Waals surface area contributed by atoms with Crippen LogP contribution in [-0.4, -0.2) is 37.2 Å². The minimum atomic E-state index is -0.419. The molecule has 0 aromatic heterocycles. The van der Waals surface area contributed by atoms with Crippen LogP contribution in [-0.2, 0) is 21.0 Å². The first-order valence-electron chi connectivity index (χ1n) is 9.46. The van der Waals surface area contributed by atoms with Gasteiger partial charge in [0.2, 0.25) is 5.91 Å². The molecule has 29 heavy (non-hydrogen) atoms. The normalized spacial score (nSPS) is 18.7. The van der Waals surface area contributed by atoms with Crippen molar-refractivity contribution in [3.8, 4) is 0 Å². The summed E-state index contributed by atoms with van der Waals surface area (Å²) in [6, 6.07) is 14.3. The van der Waals surface area contributed by atoms with Crippen LogP contribution in [0.2, 0.25) is 0 Å². The lowest BCUT2D eigenvalue weighted by Crippen LogP contribution is -2.48. The molecule has 4 rings (SSSR count). The molecule has 2 aliphatic heterocycles. The van der Waals surface area contributed by atoms with Crippen molar-refractivity contribution in [3.05, 3.63) is 65.5 Å². The second kappa shape index (κ2) is 8.30. The Morgan fingerprint density at radius 3 is 2.86 bits per heavy atom. The van der Waals surface area contributed by atoms with Crippen molar-refractivity contribution in [3.63, 3.8) is 0 Å². The third kappa shape index (κ3) is 4.37. The fraction of sp³-hybridized carbons (Fsp3) is 0.286. The number of nitrogens with zero attached hydrogens (tertiary/aromatic N) is 2. The van der Waals surface area contributed by atoms with E-state index in [9.17, 15) is 14.0 Å². The van der Waals surface area contributed by atoms with Crippen molar-refractivity contribution in [2.24, 2.45) is 5.16 Å². The monoisotopic (exact) mass is 396 g/mol. The Labute approximate surface area is 167 Å². The largest absolute Gasteiger partial charge is 0.387 e. The molecule has 2 aromatic rings. The maximum Gasteiger partial charge on any atom is 0.269 e. The highest BCUT2D eigenvalue weighted by molar-refractivity contribution is 6.39. The molecule has 7 nitrogen and oxygen atoms in total. The third-order valence-electron chi connectivity index (χ3n) is 4.95. The van der Waals surface area contributed by atoms with Gasteiger partial charge in [-0.15, -0.1) is 0 Å². The molecule has 0 spiro atoms. The minimum Gasteiger partial charge on any atom is -0.387 e. The number of carbonyl (C=O) groups is 2. The molecule has 0 aliphatic carbocycles. The van der Waals surface area contributed by atoms with Gasteiger partial charge in [-0.05, 0) is 23.3 Å². The van der Waals surface area contributed by atoms with Gasteiger partial charge in [0.15, 0.2) is 6.10 Å². The molecule has 8 heteroatoms. The van der Waals surface area contributed by atoms with E-state index in [0.29, 0.717) is 36.5 Å². The summed E-state index contributed by atoms with van der Waals surface area (Å²) < 4.78 is 14.5. The average Bonchev–Trinajstić information content (AvgIpc) is 3.23. The van der Waals surface area contributed by atoms with Crippen LogP contribution in [0.5, 0.6) is 0 Å². The fourth-order valence-corrected chi connectivity index (χ4v) is 3.40. The molecule has 1 atom stereocenters. The second-order valence-corrected chi connectivity index (χ2v) is 6.99. The van der Waals surface area contributed by atoms with Gasteiger partial charge in [0.1, 0.15) is 11.5 Å². The van der Waals surface area contributed by atoms with E-state index in [0.717, 1.165) is 5.56 Å². The molecular formula is C21H21FN4O3. The molecule has 2 aliphatic rings. The summed E-state index contributed by atoms with van der Waals surface area (Å²) >= 11 is 0. The number of halogens is 1. The van der Waals surface area contributed by atoms with Crippen LogP contribution in [0.3, 0.4) is 0 Å². The minimum absolute atomic E-state index is 0.125. The van der Waals surface area contributed by atoms with Gasteiger partial charge in [0, 0.05) is 26.1 Å². The summed E-state index contributed by atoms with van der Waals surface area (Å²) in [4.78, 5) is 30.9. The van der Waals surface area contributed by atoms with E-state index in [1.165, 1.54) is 6.07 Å². The van der Waals surface area contributed by atoms with Crippen molar-refractivity contribution in [1.82, 2.24) is 10.6 Å². The Bertz CT molecular complexity index is 948. The summed E-state index contributed by atoms with van der Waals surface area (Å²) in [6.45, 7) is 1.35. The van der Waals surface area contributed by atoms with Gasteiger partial charge < -0.3 is 20.4 Å². The second-order valence-electron chi connectivity index (χ2n) is 6.99. The van der Waals surface area contributed by atoms with Crippen molar-refractivity contribution in [2.45, 2.75) is 19.1 Å². The predicted molar refractivity (Wildman–Crippen MR) is 106 cm³/mol. The van der Waals surface area contributed by atoms with Crippen molar-refractivity contribution < 1.29 is 18.8 Å². The van der Waals surface area contributed by atoms with E-state index in [1.54, 1.807) is 17.0 Å². The van der Waals surface area contributed by atoms with Crippen LogP contribution in [0.15, 0.2) is 53.7 Å². The van der Waals surface area contributed by atoms with Gasteiger partial charge in [0.25, 0.3) is 5.91 Å². The van der Waals surface area contributed by atoms with E-state index in [4.69, 9.17) is 4.84 Å². The van der Waals surface area contributed by atoms with Crippen LogP contribution in [0.4, 0.5) is 10.1 Å². The molecule has 1 saturated heterocycles. The van der Waals surface area contributed by atoms with Gasteiger partial charge in [0.05, 0.1) is 12.2 Å². The van der Waals surface area contributed by atoms with Gasteiger partial charge in [-0.25, -0.2) is 4.39 Å². The lowest BCUT2D eigenvalue weighted by Gasteiger charge is -2.29. The predicted octanol–water partition coefficient (Wildman–Crippen LogP) is 1.90. The SMILES string of the molecule is O=C1CN(c2ccc(CNC(=O)C3=NO[C@@H](c4ccccc4)C3)cc2F)CCN1. The van der Waals surface area contributed by atoms with Crippen LogP contribution < -0.4 is 15.5 Å². The standard InChI is InChI=1S/C21H21FN4O3/c22-16-10-14(6-7-18(16)26-9-8-23-20(27)13-26)12-24-21(28)17-11-19(29-25-17)15-4-2-1-3-5-15/h1-7,10,19H,8-9,11-13H2,(H,23,27)(H,24,28)/t19-/m1/s1. The molecule has 150 valence electrons. The zero-order valence-electron chi connectivity index (χ0n) is 15.7. The number of oxime groups is 1. The summed E-state index contributed by atoms with van der Waals surface area (Å²) in [5.41, 5.74) is 2.28. The quantitative estimate of drug-likeness (QED) is 0.809. The van der Waals surface area contributed by atoms with E-state index in [-0.39, 0.29) is 31.0 Å². The zero-order valence-corrected chi connectivity index (χ0v) is 15.7. The summed E-state index contributed by atoms with van der Waals surface area (Å²) in [5.74, 6) is -0.877. The Balaban J connectivity index is 1.33. The van der Waals surface area contributed by atoms with Gasteiger partial charge >= 0.3 is 0 Å². The van der Waals surface area contributed by atoms with Crippen LogP contribution in [0.1, 0.15) is 23.7 Å². The van der Waals surface area contributed by atoms with Crippen LogP contribution >= 0.6 is 0 Å². The number of hydrogen-bond acceptors (Lipinski definition) is 5. The summed E-state index contributed by atoms with van der Waals surface area (Å²) in [5, 5.41) is 9.36. The number of amides is 2. The summed E-state index contributed by atoms with van der Waals surface area (Å²) in [6.07, 6.45) is 0.121. The molecule has 2 heterocycles. The Morgan fingerprint density at radius 2 is 2.10 bits per heavy atom. The number of carbonyl (C=O) groups excluding carboxylic acids is 2. The van der Waals surface area contributed by atoms with Crippen LogP contribution in [0.25, 0.3) is 0 Å². The molecule has 2 amide bonds. The number of anilines is 1. The maximum atomic E-state index is 14.5. The van der Waals surface area contributed by atoms with E-state index < -0.39 is 5.82 Å². The first-order valence-corrected chi connectivity index (χ1v) is 9.46. The molecular weight excluding hydrogens is 375 g/mol. The molecule has 0 saturated carbocycles. The van der Waals surface area contributed by atoms with Crippen molar-refractivity contribution >= 4 is 23.2 Å². The average molecular weight is 396 g/mol. The Morgan fingerprint density at radius 1 is 1.28 bits per heavy atom. The number of piperazine rings is 1. The van der Waals surface area contributed by atoms with Crippen LogP contribution in [0, 0.1) is 5.82 Å². The molecule has 1 fully saturated rings. The first-order chi connectivity index (χ1) is 14.1. The van der Waals surface area contributed by atoms with Gasteiger partial charge in [-0.1, -0.05) is 41.6 Å². The van der Waals surface area contributed by atoms with Crippen molar-refractivity contribution in [2.75, 3.05) is 24.5 Å². The Kier molecular flexibility index (Phi) is 5.41. The lowest BCUT2D eigenvalue weighted by molar-refractivity contribution is -0.120. The van der Waals surface area contributed by atoms with E-state index >= 15 is 0 Å².